The van der Waals surface area contributed by atoms with Crippen LogP contribution in [0.5, 0.6) is 11.5 Å². The third kappa shape index (κ3) is 4.59. The first-order valence-corrected chi connectivity index (χ1v) is 11.7. The fraction of sp³-hybridized carbons (Fsp3) is 0.708. The highest BCUT2D eigenvalue weighted by molar-refractivity contribution is 5.78. The van der Waals surface area contributed by atoms with Crippen LogP contribution in [0.2, 0.25) is 0 Å². The monoisotopic (exact) mass is 416 g/mol. The maximum Gasteiger partial charge on any atom is 0.234 e. The number of hydrogen-bond acceptors (Lipinski definition) is 5. The van der Waals surface area contributed by atoms with Crippen molar-refractivity contribution in [3.05, 3.63) is 23.8 Å². The highest BCUT2D eigenvalue weighted by Crippen LogP contribution is 2.50. The molecule has 2 fully saturated rings. The molecular weight excluding hydrogens is 380 g/mol. The molecule has 3 atom stereocenters. The SMILES string of the molecule is CCCCCCNC(=O)CN1CCC2(O)CCCCC2C1c1ccc2c(c1)OCO2. The quantitative estimate of drug-likeness (QED) is 0.631. The van der Waals surface area contributed by atoms with Crippen LogP contribution >= 0.6 is 0 Å². The number of unbranched alkanes of at least 4 members (excludes halogenated alkanes) is 3. The Kier molecular flexibility index (Phi) is 6.84. The van der Waals surface area contributed by atoms with Gasteiger partial charge in [0.05, 0.1) is 12.1 Å². The average Bonchev–Trinajstić information content (AvgIpc) is 3.21. The van der Waals surface area contributed by atoms with E-state index in [1.165, 1.54) is 12.8 Å². The van der Waals surface area contributed by atoms with E-state index in [0.717, 1.165) is 75.1 Å². The Morgan fingerprint density at radius 2 is 2.07 bits per heavy atom. The van der Waals surface area contributed by atoms with E-state index >= 15 is 0 Å². The molecule has 6 nitrogen and oxygen atoms in total. The number of likely N-dealkylation sites (tertiary alicyclic amines) is 1. The van der Waals surface area contributed by atoms with E-state index in [-0.39, 0.29) is 24.7 Å². The van der Waals surface area contributed by atoms with E-state index in [1.807, 2.05) is 12.1 Å². The molecular formula is C24H36N2O4. The maximum absolute atomic E-state index is 12.7. The molecule has 0 aromatic heterocycles. The molecule has 0 bridgehead atoms. The van der Waals surface area contributed by atoms with Gasteiger partial charge >= 0.3 is 0 Å². The molecule has 1 saturated heterocycles. The van der Waals surface area contributed by atoms with Gasteiger partial charge in [-0.1, -0.05) is 45.1 Å². The van der Waals surface area contributed by atoms with E-state index in [4.69, 9.17) is 9.47 Å². The standard InChI is InChI=1S/C24H36N2O4/c1-2-3-4-7-13-25-22(27)16-26-14-12-24(28)11-6-5-8-19(24)23(26)18-9-10-20-21(15-18)30-17-29-20/h9-10,15,19,23,28H,2-8,11-14,16-17H2,1H3,(H,25,27). The first-order valence-electron chi connectivity index (χ1n) is 11.7. The number of amides is 1. The highest BCUT2D eigenvalue weighted by Gasteiger charge is 2.49. The second-order valence-corrected chi connectivity index (χ2v) is 9.14. The molecule has 6 heteroatoms. The molecule has 1 aliphatic carbocycles. The van der Waals surface area contributed by atoms with Crippen molar-refractivity contribution in [2.24, 2.45) is 5.92 Å². The van der Waals surface area contributed by atoms with Crippen molar-refractivity contribution in [2.45, 2.75) is 76.4 Å². The molecule has 1 aromatic carbocycles. The summed E-state index contributed by atoms with van der Waals surface area (Å²) in [5.74, 6) is 1.75. The lowest BCUT2D eigenvalue weighted by Gasteiger charge is -2.52. The van der Waals surface area contributed by atoms with Gasteiger partial charge in [0.25, 0.3) is 0 Å². The molecule has 2 aliphatic heterocycles. The van der Waals surface area contributed by atoms with E-state index in [2.05, 4.69) is 23.2 Å². The molecule has 166 valence electrons. The van der Waals surface area contributed by atoms with E-state index in [1.54, 1.807) is 0 Å². The van der Waals surface area contributed by atoms with Gasteiger partial charge in [-0.15, -0.1) is 0 Å². The van der Waals surface area contributed by atoms with Crippen LogP contribution in [0.3, 0.4) is 0 Å². The van der Waals surface area contributed by atoms with Crippen LogP contribution in [0.1, 0.15) is 76.3 Å². The number of benzene rings is 1. The smallest absolute Gasteiger partial charge is 0.234 e. The van der Waals surface area contributed by atoms with Crippen molar-refractivity contribution in [1.29, 1.82) is 0 Å². The lowest BCUT2D eigenvalue weighted by atomic mass is 9.66. The Hall–Kier alpha value is -1.79. The molecule has 1 amide bonds. The first-order chi connectivity index (χ1) is 14.6. The van der Waals surface area contributed by atoms with Gasteiger partial charge in [0.2, 0.25) is 12.7 Å². The van der Waals surface area contributed by atoms with Gasteiger partial charge in [0.1, 0.15) is 0 Å². The third-order valence-electron chi connectivity index (χ3n) is 7.11. The Bertz CT molecular complexity index is 740. The summed E-state index contributed by atoms with van der Waals surface area (Å²) in [6.45, 7) is 4.29. The molecule has 1 aromatic rings. The summed E-state index contributed by atoms with van der Waals surface area (Å²) in [4.78, 5) is 15.0. The number of piperidine rings is 1. The van der Waals surface area contributed by atoms with Crippen molar-refractivity contribution in [3.63, 3.8) is 0 Å². The average molecular weight is 417 g/mol. The second-order valence-electron chi connectivity index (χ2n) is 9.14. The van der Waals surface area contributed by atoms with Crippen molar-refractivity contribution in [3.8, 4) is 11.5 Å². The minimum atomic E-state index is -0.633. The van der Waals surface area contributed by atoms with Gasteiger partial charge in [-0.25, -0.2) is 0 Å². The summed E-state index contributed by atoms with van der Waals surface area (Å²) in [7, 11) is 0. The molecule has 0 radical (unpaired) electrons. The van der Waals surface area contributed by atoms with Gasteiger partial charge in [-0.3, -0.25) is 9.69 Å². The summed E-state index contributed by atoms with van der Waals surface area (Å²) in [6.07, 6.45) is 9.41. The summed E-state index contributed by atoms with van der Waals surface area (Å²) in [5, 5.41) is 14.5. The van der Waals surface area contributed by atoms with E-state index < -0.39 is 5.60 Å². The second kappa shape index (κ2) is 9.56. The fourth-order valence-electron chi connectivity index (χ4n) is 5.48. The van der Waals surface area contributed by atoms with Gasteiger partial charge in [0, 0.05) is 25.0 Å². The predicted molar refractivity (Wildman–Crippen MR) is 116 cm³/mol. The summed E-state index contributed by atoms with van der Waals surface area (Å²) in [5.41, 5.74) is 0.479. The Morgan fingerprint density at radius 3 is 2.93 bits per heavy atom. The minimum absolute atomic E-state index is 0.0180. The lowest BCUT2D eigenvalue weighted by molar-refractivity contribution is -0.137. The van der Waals surface area contributed by atoms with Crippen LogP contribution in [-0.2, 0) is 4.79 Å². The van der Waals surface area contributed by atoms with Gasteiger partial charge in [-0.05, 0) is 43.4 Å². The largest absolute Gasteiger partial charge is 0.454 e. The minimum Gasteiger partial charge on any atom is -0.454 e. The normalized spacial score (nSPS) is 28.2. The summed E-state index contributed by atoms with van der Waals surface area (Å²) in [6, 6.07) is 6.10. The van der Waals surface area contributed by atoms with E-state index in [0.29, 0.717) is 6.54 Å². The van der Waals surface area contributed by atoms with Crippen molar-refractivity contribution >= 4 is 5.91 Å². The van der Waals surface area contributed by atoms with Crippen LogP contribution in [0.15, 0.2) is 18.2 Å². The topological polar surface area (TPSA) is 71.0 Å². The van der Waals surface area contributed by atoms with Crippen LogP contribution in [0, 0.1) is 5.92 Å². The fourth-order valence-corrected chi connectivity index (χ4v) is 5.48. The number of carbonyl (C=O) groups is 1. The molecule has 2 N–H and O–H groups in total. The zero-order valence-corrected chi connectivity index (χ0v) is 18.2. The zero-order chi connectivity index (χ0) is 21.0. The molecule has 0 spiro atoms. The Labute approximate surface area is 179 Å². The number of rotatable bonds is 8. The van der Waals surface area contributed by atoms with Gasteiger partial charge in [0.15, 0.2) is 11.5 Å². The maximum atomic E-state index is 12.7. The molecule has 3 unspecified atom stereocenters. The van der Waals surface area contributed by atoms with Gasteiger partial charge < -0.3 is 19.9 Å². The predicted octanol–water partition coefficient (Wildman–Crippen LogP) is 3.78. The zero-order valence-electron chi connectivity index (χ0n) is 18.2. The van der Waals surface area contributed by atoms with Gasteiger partial charge in [-0.2, -0.15) is 0 Å². The van der Waals surface area contributed by atoms with Crippen LogP contribution < -0.4 is 14.8 Å². The van der Waals surface area contributed by atoms with Crippen LogP contribution in [0.25, 0.3) is 0 Å². The number of ether oxygens (including phenoxy) is 2. The first kappa shape index (κ1) is 21.4. The molecule has 3 aliphatic rings. The van der Waals surface area contributed by atoms with Crippen LogP contribution in [0.4, 0.5) is 0 Å². The number of aliphatic hydroxyl groups is 1. The van der Waals surface area contributed by atoms with Crippen molar-refractivity contribution in [1.82, 2.24) is 10.2 Å². The number of fused-ring (bicyclic) bond motifs is 2. The number of carbonyl (C=O) groups excluding carboxylic acids is 1. The van der Waals surface area contributed by atoms with E-state index in [9.17, 15) is 9.90 Å². The highest BCUT2D eigenvalue weighted by atomic mass is 16.7. The van der Waals surface area contributed by atoms with Crippen molar-refractivity contribution < 1.29 is 19.4 Å². The Balaban J connectivity index is 1.49. The summed E-state index contributed by atoms with van der Waals surface area (Å²) < 4.78 is 11.1. The molecule has 30 heavy (non-hydrogen) atoms. The molecule has 2 heterocycles. The van der Waals surface area contributed by atoms with Crippen molar-refractivity contribution in [2.75, 3.05) is 26.4 Å². The number of hydrogen-bond donors (Lipinski definition) is 2. The molecule has 4 rings (SSSR count). The number of nitrogens with one attached hydrogen (secondary N) is 1. The summed E-state index contributed by atoms with van der Waals surface area (Å²) >= 11 is 0. The van der Waals surface area contributed by atoms with Crippen LogP contribution in [-0.4, -0.2) is 47.9 Å². The number of nitrogens with zero attached hydrogens (tertiary/aromatic N) is 1. The lowest BCUT2D eigenvalue weighted by Crippen LogP contribution is -2.56. The third-order valence-corrected chi connectivity index (χ3v) is 7.11. The molecule has 1 saturated carbocycles. The Morgan fingerprint density at radius 1 is 1.20 bits per heavy atom.